The average molecular weight is 261 g/mol. The molecule has 102 valence electrons. The highest BCUT2D eigenvalue weighted by molar-refractivity contribution is 5.38. The highest BCUT2D eigenvalue weighted by Crippen LogP contribution is 2.61. The summed E-state index contributed by atoms with van der Waals surface area (Å²) in [6.07, 6.45) is 7.62. The number of hydrogen-bond acceptors (Lipinski definition) is 4. The van der Waals surface area contributed by atoms with E-state index >= 15 is 0 Å². The van der Waals surface area contributed by atoms with Gasteiger partial charge in [0.25, 0.3) is 0 Å². The Morgan fingerprint density at radius 3 is 3.05 bits per heavy atom. The third kappa shape index (κ3) is 1.29. The molecule has 3 aliphatic heterocycles. The van der Waals surface area contributed by atoms with E-state index in [0.29, 0.717) is 0 Å². The van der Waals surface area contributed by atoms with Gasteiger partial charge in [-0.05, 0) is 57.1 Å². The number of fused-ring (bicyclic) bond motifs is 2. The van der Waals surface area contributed by atoms with Gasteiger partial charge in [-0.1, -0.05) is 0 Å². The van der Waals surface area contributed by atoms with E-state index in [1.54, 1.807) is 0 Å². The van der Waals surface area contributed by atoms with Crippen molar-refractivity contribution in [3.63, 3.8) is 0 Å². The van der Waals surface area contributed by atoms with Crippen molar-refractivity contribution < 1.29 is 14.5 Å². The lowest BCUT2D eigenvalue weighted by atomic mass is 9.57. The standard InChI is InChI=1S/C15H19NO3/c1-13-6-7-14(10-16)5-2-3-12-15(14,19-18-13)11(9-13)4-8-17-12/h9,12H,2-8H2,1H3/t12-,13-,14-,15+/m1/s1. The first-order valence-electron chi connectivity index (χ1n) is 7.26. The second-order valence-corrected chi connectivity index (χ2v) is 6.58. The van der Waals surface area contributed by atoms with Crippen LogP contribution in [0.5, 0.6) is 0 Å². The number of nitrogens with zero attached hydrogens (tertiary/aromatic N) is 1. The van der Waals surface area contributed by atoms with E-state index in [1.807, 2.05) is 0 Å². The first kappa shape index (κ1) is 11.9. The molecule has 4 nitrogen and oxygen atoms in total. The molecule has 0 unspecified atom stereocenters. The molecule has 0 radical (unpaired) electrons. The van der Waals surface area contributed by atoms with Gasteiger partial charge in [-0.25, -0.2) is 9.78 Å². The average Bonchev–Trinajstić information content (AvgIpc) is 2.63. The quantitative estimate of drug-likeness (QED) is 0.497. The van der Waals surface area contributed by atoms with E-state index in [1.165, 1.54) is 5.57 Å². The lowest BCUT2D eigenvalue weighted by Crippen LogP contribution is -2.64. The third-order valence-electron chi connectivity index (χ3n) is 5.51. The van der Waals surface area contributed by atoms with Crippen molar-refractivity contribution in [3.05, 3.63) is 11.6 Å². The molecule has 4 atom stereocenters. The fraction of sp³-hybridized carbons (Fsp3) is 0.800. The predicted molar refractivity (Wildman–Crippen MR) is 66.9 cm³/mol. The summed E-state index contributed by atoms with van der Waals surface area (Å²) in [5, 5.41) is 9.89. The zero-order chi connectivity index (χ0) is 13.1. The molecule has 0 aromatic carbocycles. The Balaban J connectivity index is 1.96. The third-order valence-corrected chi connectivity index (χ3v) is 5.51. The van der Waals surface area contributed by atoms with Gasteiger partial charge in [0.05, 0.1) is 24.2 Å². The number of rotatable bonds is 0. The molecule has 0 N–H and O–H groups in total. The summed E-state index contributed by atoms with van der Waals surface area (Å²) in [4.78, 5) is 11.6. The van der Waals surface area contributed by atoms with Crippen molar-refractivity contribution in [2.24, 2.45) is 5.41 Å². The smallest absolute Gasteiger partial charge is 0.169 e. The maximum absolute atomic E-state index is 9.89. The summed E-state index contributed by atoms with van der Waals surface area (Å²) in [6, 6.07) is 2.60. The zero-order valence-electron chi connectivity index (χ0n) is 11.3. The van der Waals surface area contributed by atoms with Crippen LogP contribution in [-0.2, 0) is 14.5 Å². The van der Waals surface area contributed by atoms with E-state index in [9.17, 15) is 5.26 Å². The molecule has 5 aliphatic rings. The number of ether oxygens (including phenoxy) is 1. The molecule has 3 fully saturated rings. The molecule has 3 heterocycles. The van der Waals surface area contributed by atoms with Crippen molar-refractivity contribution in [3.8, 4) is 6.07 Å². The van der Waals surface area contributed by atoms with Gasteiger partial charge in [0.15, 0.2) is 5.60 Å². The Bertz CT molecular complexity index is 494. The van der Waals surface area contributed by atoms with Gasteiger partial charge in [0.2, 0.25) is 0 Å². The molecule has 1 saturated carbocycles. The van der Waals surface area contributed by atoms with Crippen LogP contribution >= 0.6 is 0 Å². The molecule has 19 heavy (non-hydrogen) atoms. The molecule has 0 amide bonds. The molecular weight excluding hydrogens is 242 g/mol. The van der Waals surface area contributed by atoms with Crippen molar-refractivity contribution in [2.75, 3.05) is 6.61 Å². The normalized spacial score (nSPS) is 51.8. The van der Waals surface area contributed by atoms with Crippen LogP contribution in [0.25, 0.3) is 0 Å². The minimum Gasteiger partial charge on any atom is -0.374 e. The maximum atomic E-state index is 9.89. The fourth-order valence-electron chi connectivity index (χ4n) is 4.50. The van der Waals surface area contributed by atoms with Crippen molar-refractivity contribution >= 4 is 0 Å². The van der Waals surface area contributed by atoms with Crippen LogP contribution in [0.1, 0.15) is 45.4 Å². The highest BCUT2D eigenvalue weighted by Gasteiger charge is 2.68. The molecule has 0 aromatic rings. The second-order valence-electron chi connectivity index (χ2n) is 6.58. The molecular formula is C15H19NO3. The topological polar surface area (TPSA) is 51.5 Å². The molecule has 2 saturated heterocycles. The zero-order valence-corrected chi connectivity index (χ0v) is 11.3. The SMILES string of the molecule is C[C@]12C=C3CCO[C@@H]4CCC[C@](C#N)(CC1)[C@]34OO2. The highest BCUT2D eigenvalue weighted by atomic mass is 17.2. The van der Waals surface area contributed by atoms with E-state index in [4.69, 9.17) is 14.5 Å². The Hall–Kier alpha value is -0.890. The van der Waals surface area contributed by atoms with Gasteiger partial charge in [0.1, 0.15) is 5.60 Å². The van der Waals surface area contributed by atoms with Crippen LogP contribution in [0, 0.1) is 16.7 Å². The van der Waals surface area contributed by atoms with Gasteiger partial charge in [-0.3, -0.25) is 0 Å². The minimum atomic E-state index is -0.645. The largest absolute Gasteiger partial charge is 0.374 e. The molecule has 0 aromatic heterocycles. The van der Waals surface area contributed by atoms with Crippen LogP contribution in [0.4, 0.5) is 0 Å². The van der Waals surface area contributed by atoms with Gasteiger partial charge >= 0.3 is 0 Å². The summed E-state index contributed by atoms with van der Waals surface area (Å²) in [7, 11) is 0. The summed E-state index contributed by atoms with van der Waals surface area (Å²) in [5.41, 5.74) is -0.245. The minimum absolute atomic E-state index is 0.0245. The summed E-state index contributed by atoms with van der Waals surface area (Å²) < 4.78 is 5.96. The lowest BCUT2D eigenvalue weighted by Gasteiger charge is -2.55. The number of hydrogen-bond donors (Lipinski definition) is 0. The Kier molecular flexibility index (Phi) is 2.26. The predicted octanol–water partition coefficient (Wildman–Crippen LogP) is 2.65. The van der Waals surface area contributed by atoms with Crippen molar-refractivity contribution in [1.82, 2.24) is 0 Å². The van der Waals surface area contributed by atoms with Gasteiger partial charge < -0.3 is 4.74 Å². The molecule has 2 bridgehead atoms. The first-order valence-corrected chi connectivity index (χ1v) is 7.26. The van der Waals surface area contributed by atoms with Gasteiger partial charge in [0, 0.05) is 0 Å². The van der Waals surface area contributed by atoms with E-state index in [2.05, 4.69) is 19.1 Å². The van der Waals surface area contributed by atoms with E-state index in [0.717, 1.165) is 45.1 Å². The fourth-order valence-corrected chi connectivity index (χ4v) is 4.50. The van der Waals surface area contributed by atoms with Crippen LogP contribution < -0.4 is 0 Å². The van der Waals surface area contributed by atoms with Crippen LogP contribution in [-0.4, -0.2) is 23.9 Å². The monoisotopic (exact) mass is 261 g/mol. The summed E-state index contributed by atoms with van der Waals surface area (Å²) in [6.45, 7) is 2.79. The van der Waals surface area contributed by atoms with Crippen LogP contribution in [0.3, 0.4) is 0 Å². The molecule has 1 spiro atoms. The van der Waals surface area contributed by atoms with E-state index < -0.39 is 11.0 Å². The lowest BCUT2D eigenvalue weighted by molar-refractivity contribution is -0.429. The van der Waals surface area contributed by atoms with Crippen molar-refractivity contribution in [1.29, 1.82) is 5.26 Å². The summed E-state index contributed by atoms with van der Waals surface area (Å²) >= 11 is 0. The van der Waals surface area contributed by atoms with Crippen LogP contribution in [0.15, 0.2) is 11.6 Å². The number of nitriles is 1. The van der Waals surface area contributed by atoms with E-state index in [-0.39, 0.29) is 11.7 Å². The Labute approximate surface area is 113 Å². The summed E-state index contributed by atoms with van der Waals surface area (Å²) in [5.74, 6) is 0. The first-order chi connectivity index (χ1) is 9.14. The van der Waals surface area contributed by atoms with Crippen LogP contribution in [0.2, 0.25) is 0 Å². The maximum Gasteiger partial charge on any atom is 0.169 e. The molecule has 2 aliphatic carbocycles. The van der Waals surface area contributed by atoms with Gasteiger partial charge in [-0.15, -0.1) is 0 Å². The second kappa shape index (κ2) is 3.60. The Morgan fingerprint density at radius 2 is 2.21 bits per heavy atom. The van der Waals surface area contributed by atoms with Crippen molar-refractivity contribution in [2.45, 2.75) is 62.8 Å². The molecule has 5 rings (SSSR count). The Morgan fingerprint density at radius 1 is 1.32 bits per heavy atom. The van der Waals surface area contributed by atoms with Gasteiger partial charge in [-0.2, -0.15) is 5.26 Å². The molecule has 4 heteroatoms.